The maximum Gasteiger partial charge on any atom is 0.241 e. The van der Waals surface area contributed by atoms with Gasteiger partial charge in [-0.1, -0.05) is 18.2 Å². The fourth-order valence-electron chi connectivity index (χ4n) is 4.59. The molecule has 4 N–H and O–H groups in total. The number of carbonyl (C=O) groups excluding carboxylic acids is 1. The molecule has 0 atom stereocenters. The quantitative estimate of drug-likeness (QED) is 0.318. The zero-order valence-electron chi connectivity index (χ0n) is 21.5. The van der Waals surface area contributed by atoms with Crippen molar-refractivity contribution < 1.29 is 37.3 Å². The van der Waals surface area contributed by atoms with Gasteiger partial charge in [0.05, 0.1) is 29.1 Å². The Labute approximate surface area is 225 Å². The largest absolute Gasteiger partial charge is 0.454 e. The molecule has 1 saturated carbocycles. The second-order valence-corrected chi connectivity index (χ2v) is 11.9. The maximum atomic E-state index is 15.3. The molecule has 0 bridgehead atoms. The van der Waals surface area contributed by atoms with Gasteiger partial charge in [-0.15, -0.1) is 0 Å². The minimum atomic E-state index is -4.22. The predicted molar refractivity (Wildman–Crippen MR) is 142 cm³/mol. The zero-order valence-corrected chi connectivity index (χ0v) is 22.3. The van der Waals surface area contributed by atoms with Gasteiger partial charge in [-0.05, 0) is 79.8 Å². The van der Waals surface area contributed by atoms with Crippen LogP contribution < -0.4 is 19.5 Å². The van der Waals surface area contributed by atoms with Crippen LogP contribution in [0.5, 0.6) is 11.5 Å². The summed E-state index contributed by atoms with van der Waals surface area (Å²) in [7, 11) is -4.22. The van der Waals surface area contributed by atoms with E-state index in [1.807, 2.05) is 12.1 Å². The monoisotopic (exact) mass is 556 g/mol. The third-order valence-electron chi connectivity index (χ3n) is 7.22. The van der Waals surface area contributed by atoms with Crippen LogP contribution in [0.15, 0.2) is 59.5 Å². The normalized spacial score (nSPS) is 15.7. The van der Waals surface area contributed by atoms with E-state index in [2.05, 4.69) is 10.0 Å². The average Bonchev–Trinajstić information content (AvgIpc) is 3.60. The maximum absolute atomic E-state index is 15.3. The van der Waals surface area contributed by atoms with Crippen LogP contribution in [0.4, 0.5) is 10.1 Å². The van der Waals surface area contributed by atoms with Gasteiger partial charge < -0.3 is 25.0 Å². The van der Waals surface area contributed by atoms with Crippen LogP contribution in [0.2, 0.25) is 0 Å². The molecule has 0 unspecified atom stereocenters. The molecule has 0 saturated heterocycles. The number of amides is 1. The van der Waals surface area contributed by atoms with Crippen molar-refractivity contribution in [1.29, 1.82) is 0 Å². The lowest BCUT2D eigenvalue weighted by Crippen LogP contribution is -2.51. The minimum Gasteiger partial charge on any atom is -0.454 e. The van der Waals surface area contributed by atoms with Gasteiger partial charge in [0.1, 0.15) is 5.82 Å². The number of aliphatic hydroxyl groups excluding tert-OH is 2. The van der Waals surface area contributed by atoms with Gasteiger partial charge in [0.2, 0.25) is 22.7 Å². The first-order chi connectivity index (χ1) is 18.5. The molecular weight excluding hydrogens is 527 g/mol. The molecule has 2 aliphatic rings. The summed E-state index contributed by atoms with van der Waals surface area (Å²) in [6.45, 7) is 1.98. The SMILES string of the molecule is Cc1ccc(NC(=O)C2(c3ccc4c(c3)OCO4)CC2)cc1-c1ccc(S(=O)(=O)NC(C)(CO)CO)cc1F. The first-order valence-electron chi connectivity index (χ1n) is 12.4. The third kappa shape index (κ3) is 5.10. The number of halogens is 1. The van der Waals surface area contributed by atoms with E-state index in [1.165, 1.54) is 19.1 Å². The summed E-state index contributed by atoms with van der Waals surface area (Å²) in [6, 6.07) is 14.1. The first kappa shape index (κ1) is 27.1. The summed E-state index contributed by atoms with van der Waals surface area (Å²) >= 11 is 0. The van der Waals surface area contributed by atoms with E-state index in [-0.39, 0.29) is 23.2 Å². The van der Waals surface area contributed by atoms with E-state index in [4.69, 9.17) is 9.47 Å². The molecular formula is C28H29FN2O7S. The summed E-state index contributed by atoms with van der Waals surface area (Å²) in [5.41, 5.74) is 0.510. The van der Waals surface area contributed by atoms with Crippen LogP contribution in [-0.4, -0.2) is 50.1 Å². The average molecular weight is 557 g/mol. The number of hydrogen-bond acceptors (Lipinski definition) is 7. The second-order valence-electron chi connectivity index (χ2n) is 10.3. The summed E-state index contributed by atoms with van der Waals surface area (Å²) in [4.78, 5) is 13.0. The number of rotatable bonds is 9. The van der Waals surface area contributed by atoms with Crippen molar-refractivity contribution in [3.05, 3.63) is 71.5 Å². The van der Waals surface area contributed by atoms with Gasteiger partial charge in [0.15, 0.2) is 11.5 Å². The van der Waals surface area contributed by atoms with E-state index in [9.17, 15) is 23.4 Å². The molecule has 3 aromatic carbocycles. The van der Waals surface area contributed by atoms with E-state index in [1.54, 1.807) is 31.2 Å². The Hall–Kier alpha value is -3.51. The van der Waals surface area contributed by atoms with Gasteiger partial charge in [0.25, 0.3) is 0 Å². The highest BCUT2D eigenvalue weighted by Gasteiger charge is 2.51. The Balaban J connectivity index is 1.39. The molecule has 5 rings (SSSR count). The van der Waals surface area contributed by atoms with Crippen molar-refractivity contribution >= 4 is 21.6 Å². The van der Waals surface area contributed by atoms with Crippen LogP contribution in [0.3, 0.4) is 0 Å². The van der Waals surface area contributed by atoms with Crippen molar-refractivity contribution in [3.8, 4) is 22.6 Å². The van der Waals surface area contributed by atoms with E-state index >= 15 is 4.39 Å². The first-order valence-corrected chi connectivity index (χ1v) is 13.9. The van der Waals surface area contributed by atoms with Crippen LogP contribution in [-0.2, 0) is 20.2 Å². The van der Waals surface area contributed by atoms with Crippen molar-refractivity contribution in [2.24, 2.45) is 0 Å². The van der Waals surface area contributed by atoms with Crippen molar-refractivity contribution in [2.75, 3.05) is 25.3 Å². The number of hydrogen-bond donors (Lipinski definition) is 4. The lowest BCUT2D eigenvalue weighted by atomic mass is 9.94. The van der Waals surface area contributed by atoms with Crippen molar-refractivity contribution in [2.45, 2.75) is 42.5 Å². The minimum absolute atomic E-state index is 0.148. The standard InChI is InChI=1S/C28H29FN2O7S/c1-17-3-5-19(30-26(34)28(9-10-28)18-4-8-24-25(11-18)38-16-37-24)12-22(17)21-7-6-20(13-23(21)29)39(35,36)31-27(2,14-32)15-33/h3-8,11-13,31-33H,9-10,14-16H2,1-2H3,(H,30,34). The van der Waals surface area contributed by atoms with Crippen LogP contribution in [0.25, 0.3) is 11.1 Å². The Morgan fingerprint density at radius 1 is 1.00 bits per heavy atom. The molecule has 39 heavy (non-hydrogen) atoms. The third-order valence-corrected chi connectivity index (χ3v) is 8.86. The molecule has 206 valence electrons. The van der Waals surface area contributed by atoms with Crippen molar-refractivity contribution in [1.82, 2.24) is 4.72 Å². The molecule has 0 spiro atoms. The van der Waals surface area contributed by atoms with Gasteiger partial charge >= 0.3 is 0 Å². The number of fused-ring (bicyclic) bond motifs is 1. The van der Waals surface area contributed by atoms with Crippen LogP contribution in [0, 0.1) is 12.7 Å². The number of ether oxygens (including phenoxy) is 2. The smallest absolute Gasteiger partial charge is 0.241 e. The van der Waals surface area contributed by atoms with E-state index in [0.717, 1.165) is 17.2 Å². The van der Waals surface area contributed by atoms with Crippen LogP contribution in [0.1, 0.15) is 30.9 Å². The number of anilines is 1. The number of carbonyl (C=O) groups is 1. The topological polar surface area (TPSA) is 134 Å². The van der Waals surface area contributed by atoms with Gasteiger partial charge in [-0.2, -0.15) is 0 Å². The number of aliphatic hydroxyl groups is 2. The number of benzene rings is 3. The Morgan fingerprint density at radius 3 is 2.38 bits per heavy atom. The number of aryl methyl sites for hydroxylation is 1. The van der Waals surface area contributed by atoms with Gasteiger partial charge in [-0.3, -0.25) is 4.79 Å². The number of sulfonamides is 1. The summed E-state index contributed by atoms with van der Waals surface area (Å²) < 4.78 is 53.7. The Kier molecular flexibility index (Phi) is 6.88. The van der Waals surface area contributed by atoms with Crippen molar-refractivity contribution in [3.63, 3.8) is 0 Å². The molecule has 1 amide bonds. The highest BCUT2D eigenvalue weighted by molar-refractivity contribution is 7.89. The Bertz CT molecular complexity index is 1550. The summed E-state index contributed by atoms with van der Waals surface area (Å²) in [5, 5.41) is 21.8. The van der Waals surface area contributed by atoms with E-state index in [0.29, 0.717) is 35.6 Å². The molecule has 3 aromatic rings. The molecule has 1 aliphatic carbocycles. The second kappa shape index (κ2) is 9.91. The molecule has 11 heteroatoms. The fraction of sp³-hybridized carbons (Fsp3) is 0.321. The summed E-state index contributed by atoms with van der Waals surface area (Å²) in [6.07, 6.45) is 1.36. The van der Waals surface area contributed by atoms with Crippen LogP contribution >= 0.6 is 0 Å². The highest BCUT2D eigenvalue weighted by Crippen LogP contribution is 2.51. The molecule has 1 heterocycles. The fourth-order valence-corrected chi connectivity index (χ4v) is 5.99. The molecule has 1 fully saturated rings. The van der Waals surface area contributed by atoms with E-state index < -0.39 is 40.0 Å². The number of nitrogens with one attached hydrogen (secondary N) is 2. The van der Waals surface area contributed by atoms with Gasteiger partial charge in [-0.25, -0.2) is 17.5 Å². The molecule has 9 nitrogen and oxygen atoms in total. The van der Waals surface area contributed by atoms with Gasteiger partial charge in [0, 0.05) is 11.3 Å². The molecule has 1 aliphatic heterocycles. The lowest BCUT2D eigenvalue weighted by molar-refractivity contribution is -0.118. The molecule has 0 aromatic heterocycles. The molecule has 0 radical (unpaired) electrons. The highest BCUT2D eigenvalue weighted by atomic mass is 32.2. The zero-order chi connectivity index (χ0) is 28.0. The summed E-state index contributed by atoms with van der Waals surface area (Å²) in [5.74, 6) is 0.293. The lowest BCUT2D eigenvalue weighted by Gasteiger charge is -2.25. The Morgan fingerprint density at radius 2 is 1.72 bits per heavy atom. The predicted octanol–water partition coefficient (Wildman–Crippen LogP) is 3.22.